The van der Waals surface area contributed by atoms with Gasteiger partial charge in [0.1, 0.15) is 5.75 Å². The van der Waals surface area contributed by atoms with Gasteiger partial charge in [0, 0.05) is 16.6 Å². The van der Waals surface area contributed by atoms with Gasteiger partial charge in [-0.2, -0.15) is 0 Å². The lowest BCUT2D eigenvalue weighted by atomic mass is 10.1. The fourth-order valence-corrected chi connectivity index (χ4v) is 3.95. The molecule has 0 bridgehead atoms. The number of aromatic nitrogens is 2. The summed E-state index contributed by atoms with van der Waals surface area (Å²) in [5.74, 6) is -0.0444. The Morgan fingerprint density at radius 1 is 1.10 bits per heavy atom. The number of hydrogen-bond acceptors (Lipinski definition) is 4. The van der Waals surface area contributed by atoms with Gasteiger partial charge in [-0.05, 0) is 55.0 Å². The minimum atomic E-state index is -0.258. The summed E-state index contributed by atoms with van der Waals surface area (Å²) in [4.78, 5) is 29.9. The highest BCUT2D eigenvalue weighted by molar-refractivity contribution is 7.15. The fourth-order valence-electron chi connectivity index (χ4n) is 3.07. The van der Waals surface area contributed by atoms with E-state index in [4.69, 9.17) is 0 Å². The minimum absolute atomic E-state index is 0.143. The van der Waals surface area contributed by atoms with E-state index in [-0.39, 0.29) is 17.2 Å². The number of benzene rings is 2. The molecule has 5 nitrogen and oxygen atoms in total. The van der Waals surface area contributed by atoms with Crippen molar-refractivity contribution in [3.8, 4) is 22.0 Å². The number of H-pyrrole nitrogens is 1. The number of phenols is 1. The molecule has 0 amide bonds. The maximum atomic E-state index is 12.6. The van der Waals surface area contributed by atoms with E-state index in [0.29, 0.717) is 11.3 Å². The van der Waals surface area contributed by atoms with E-state index in [9.17, 15) is 14.7 Å². The van der Waals surface area contributed by atoms with E-state index in [1.165, 1.54) is 6.08 Å². The van der Waals surface area contributed by atoms with Gasteiger partial charge in [0.15, 0.2) is 5.78 Å². The average molecular weight is 402 g/mol. The van der Waals surface area contributed by atoms with Gasteiger partial charge in [0.05, 0.1) is 16.3 Å². The number of imidazole rings is 1. The van der Waals surface area contributed by atoms with Gasteiger partial charge in [0.25, 0.3) is 0 Å². The van der Waals surface area contributed by atoms with E-state index < -0.39 is 0 Å². The first kappa shape index (κ1) is 18.7. The zero-order chi connectivity index (χ0) is 20.4. The number of carbonyl (C=O) groups excluding carboxylic acids is 1. The van der Waals surface area contributed by atoms with E-state index in [0.717, 1.165) is 21.0 Å². The molecular weight excluding hydrogens is 384 g/mol. The molecule has 0 fully saturated rings. The minimum Gasteiger partial charge on any atom is -0.508 e. The lowest BCUT2D eigenvalue weighted by molar-refractivity contribution is 0.104. The molecule has 0 unspecified atom stereocenters. The third kappa shape index (κ3) is 3.97. The number of allylic oxidation sites excluding steroid dienone is 1. The zero-order valence-corrected chi connectivity index (χ0v) is 16.4. The van der Waals surface area contributed by atoms with Crippen molar-refractivity contribution < 1.29 is 9.90 Å². The highest BCUT2D eigenvalue weighted by Crippen LogP contribution is 2.28. The Morgan fingerprint density at radius 3 is 2.69 bits per heavy atom. The van der Waals surface area contributed by atoms with Crippen molar-refractivity contribution in [2.45, 2.75) is 6.92 Å². The summed E-state index contributed by atoms with van der Waals surface area (Å²) >= 11 is 1.60. The molecule has 0 aliphatic rings. The molecule has 0 aliphatic heterocycles. The van der Waals surface area contributed by atoms with Crippen LogP contribution in [-0.4, -0.2) is 20.4 Å². The second-order valence-electron chi connectivity index (χ2n) is 6.57. The van der Waals surface area contributed by atoms with Crippen LogP contribution in [-0.2, 0) is 0 Å². The first-order valence-corrected chi connectivity index (χ1v) is 9.82. The van der Waals surface area contributed by atoms with Gasteiger partial charge >= 0.3 is 5.69 Å². The third-order valence-corrected chi connectivity index (χ3v) is 5.48. The molecule has 2 N–H and O–H groups in total. The van der Waals surface area contributed by atoms with Gasteiger partial charge < -0.3 is 10.1 Å². The number of nitrogens with one attached hydrogen (secondary N) is 1. The van der Waals surface area contributed by atoms with Crippen LogP contribution in [0.1, 0.15) is 20.8 Å². The fraction of sp³-hybridized carbons (Fsp3) is 0.0435. The van der Waals surface area contributed by atoms with E-state index >= 15 is 0 Å². The van der Waals surface area contributed by atoms with Crippen molar-refractivity contribution in [3.05, 3.63) is 99.4 Å². The van der Waals surface area contributed by atoms with Crippen molar-refractivity contribution in [3.63, 3.8) is 0 Å². The molecule has 4 aromatic rings. The van der Waals surface area contributed by atoms with Gasteiger partial charge in [-0.1, -0.05) is 30.3 Å². The normalized spacial score (nSPS) is 11.2. The number of ketones is 1. The van der Waals surface area contributed by atoms with Crippen LogP contribution >= 0.6 is 11.3 Å². The van der Waals surface area contributed by atoms with Gasteiger partial charge in [-0.3, -0.25) is 9.36 Å². The first-order chi connectivity index (χ1) is 14.0. The van der Waals surface area contributed by atoms with Gasteiger partial charge in [-0.25, -0.2) is 4.79 Å². The average Bonchev–Trinajstić information content (AvgIpc) is 3.31. The molecule has 0 saturated heterocycles. The highest BCUT2D eigenvalue weighted by Gasteiger charge is 2.13. The molecule has 0 aliphatic carbocycles. The molecule has 2 aromatic carbocycles. The van der Waals surface area contributed by atoms with Crippen LogP contribution in [0, 0.1) is 6.92 Å². The molecule has 29 heavy (non-hydrogen) atoms. The van der Waals surface area contributed by atoms with E-state index in [1.807, 2.05) is 19.1 Å². The molecule has 2 aromatic heterocycles. The van der Waals surface area contributed by atoms with E-state index in [1.54, 1.807) is 76.7 Å². The number of rotatable bonds is 5. The Labute approximate surface area is 171 Å². The van der Waals surface area contributed by atoms with Crippen molar-refractivity contribution in [1.82, 2.24) is 9.55 Å². The Bertz CT molecular complexity index is 1280. The predicted octanol–water partition coefficient (Wildman–Crippen LogP) is 4.80. The first-order valence-electron chi connectivity index (χ1n) is 9.00. The molecule has 4 rings (SSSR count). The summed E-state index contributed by atoms with van der Waals surface area (Å²) in [5.41, 5.74) is 2.32. The second-order valence-corrected chi connectivity index (χ2v) is 7.86. The number of carbonyl (C=O) groups is 1. The van der Waals surface area contributed by atoms with Crippen molar-refractivity contribution in [1.29, 1.82) is 0 Å². The summed E-state index contributed by atoms with van der Waals surface area (Å²) in [5, 5.41) is 9.53. The largest absolute Gasteiger partial charge is 0.508 e. The molecule has 0 saturated carbocycles. The monoisotopic (exact) mass is 402 g/mol. The summed E-state index contributed by atoms with van der Waals surface area (Å²) < 4.78 is 1.57. The topological polar surface area (TPSA) is 75.1 Å². The van der Waals surface area contributed by atoms with Crippen LogP contribution in [0.3, 0.4) is 0 Å². The van der Waals surface area contributed by atoms with Crippen LogP contribution in [0.4, 0.5) is 0 Å². The van der Waals surface area contributed by atoms with Gasteiger partial charge in [-0.15, -0.1) is 11.3 Å². The van der Waals surface area contributed by atoms with Crippen LogP contribution in [0.5, 0.6) is 5.75 Å². The zero-order valence-electron chi connectivity index (χ0n) is 15.6. The summed E-state index contributed by atoms with van der Waals surface area (Å²) in [6, 6.07) is 17.6. The second kappa shape index (κ2) is 7.77. The number of hydrogen-bond donors (Lipinski definition) is 2. The SMILES string of the molecule is Cc1ccc(-c2c[nH]c(=O)n2-c2cccc(C(=O)C=Cc3cccc(O)c3)c2)s1. The molecule has 144 valence electrons. The number of phenolic OH excluding ortho intramolecular Hbond substituents is 1. The Balaban J connectivity index is 1.67. The maximum Gasteiger partial charge on any atom is 0.330 e. The standard InChI is InChI=1S/C23H18N2O3S/c1-15-8-11-22(29-15)20-14-24-23(28)25(20)18-6-3-5-17(13-18)21(27)10-9-16-4-2-7-19(26)12-16/h2-14,26H,1H3,(H,24,28). The lowest BCUT2D eigenvalue weighted by Crippen LogP contribution is -2.16. The number of aryl methyl sites for hydroxylation is 1. The molecule has 0 radical (unpaired) electrons. The molecule has 2 heterocycles. The lowest BCUT2D eigenvalue weighted by Gasteiger charge is -2.07. The molecular formula is C23H18N2O3S. The molecule has 0 spiro atoms. The van der Waals surface area contributed by atoms with Crippen molar-refractivity contribution in [2.75, 3.05) is 0 Å². The van der Waals surface area contributed by atoms with Crippen LogP contribution in [0.15, 0.2) is 77.7 Å². The number of nitrogens with zero attached hydrogens (tertiary/aromatic N) is 1. The summed E-state index contributed by atoms with van der Waals surface area (Å²) in [6.07, 6.45) is 4.79. The number of aromatic amines is 1. The van der Waals surface area contributed by atoms with E-state index in [2.05, 4.69) is 4.98 Å². The summed E-state index contributed by atoms with van der Waals surface area (Å²) in [6.45, 7) is 2.02. The quantitative estimate of drug-likeness (QED) is 0.372. The Kier molecular flexibility index (Phi) is 5.01. The Hall–Kier alpha value is -3.64. The van der Waals surface area contributed by atoms with Crippen LogP contribution in [0.2, 0.25) is 0 Å². The maximum absolute atomic E-state index is 12.6. The number of aromatic hydroxyl groups is 1. The summed E-state index contributed by atoms with van der Waals surface area (Å²) in [7, 11) is 0. The van der Waals surface area contributed by atoms with Crippen LogP contribution in [0.25, 0.3) is 22.3 Å². The van der Waals surface area contributed by atoms with Crippen molar-refractivity contribution >= 4 is 23.2 Å². The molecule has 0 atom stereocenters. The highest BCUT2D eigenvalue weighted by atomic mass is 32.1. The number of thiophene rings is 1. The van der Waals surface area contributed by atoms with Gasteiger partial charge in [0.2, 0.25) is 0 Å². The molecule has 6 heteroatoms. The van der Waals surface area contributed by atoms with Crippen LogP contribution < -0.4 is 5.69 Å². The smallest absolute Gasteiger partial charge is 0.330 e. The Morgan fingerprint density at radius 2 is 1.93 bits per heavy atom. The predicted molar refractivity (Wildman–Crippen MR) is 116 cm³/mol. The van der Waals surface area contributed by atoms with Crippen molar-refractivity contribution in [2.24, 2.45) is 0 Å². The third-order valence-electron chi connectivity index (χ3n) is 4.46.